The van der Waals surface area contributed by atoms with Gasteiger partial charge in [-0.2, -0.15) is 0 Å². The van der Waals surface area contributed by atoms with E-state index in [2.05, 4.69) is 22.0 Å². The second-order valence-corrected chi connectivity index (χ2v) is 6.95. The Kier molecular flexibility index (Phi) is 5.66. The SMILES string of the molecule is Fc1cc(F)cc(CO/N=C(\Cn2ccnc2)c2ccc(C#CC3CC3)cc2)c1. The number of hydrogen-bond donors (Lipinski definition) is 0. The number of benzene rings is 2. The fraction of sp³-hybridized carbons (Fsp3) is 0.217. The number of aromatic nitrogens is 2. The van der Waals surface area contributed by atoms with Gasteiger partial charge in [-0.15, -0.1) is 0 Å². The summed E-state index contributed by atoms with van der Waals surface area (Å²) >= 11 is 0. The summed E-state index contributed by atoms with van der Waals surface area (Å²) in [4.78, 5) is 9.45. The van der Waals surface area contributed by atoms with Crippen LogP contribution in [0.2, 0.25) is 0 Å². The van der Waals surface area contributed by atoms with Crippen molar-refractivity contribution in [2.75, 3.05) is 0 Å². The van der Waals surface area contributed by atoms with Gasteiger partial charge in [0.05, 0.1) is 12.9 Å². The maximum atomic E-state index is 13.3. The first-order valence-electron chi connectivity index (χ1n) is 9.37. The minimum atomic E-state index is -0.644. The molecule has 1 heterocycles. The number of nitrogens with zero attached hydrogens (tertiary/aromatic N) is 3. The molecule has 1 aromatic heterocycles. The molecule has 0 amide bonds. The average Bonchev–Trinajstić information content (AvgIpc) is 3.39. The van der Waals surface area contributed by atoms with Crippen molar-refractivity contribution in [3.05, 3.63) is 89.5 Å². The van der Waals surface area contributed by atoms with Gasteiger partial charge in [0.25, 0.3) is 0 Å². The summed E-state index contributed by atoms with van der Waals surface area (Å²) in [6.45, 7) is 0.414. The van der Waals surface area contributed by atoms with Crippen molar-refractivity contribution in [2.24, 2.45) is 11.1 Å². The van der Waals surface area contributed by atoms with Crippen molar-refractivity contribution in [2.45, 2.75) is 26.0 Å². The molecular formula is C23H19F2N3O. The van der Waals surface area contributed by atoms with Gasteiger partial charge < -0.3 is 9.40 Å². The van der Waals surface area contributed by atoms with Crippen LogP contribution in [0.15, 0.2) is 66.3 Å². The highest BCUT2D eigenvalue weighted by Crippen LogP contribution is 2.27. The molecule has 1 saturated carbocycles. The van der Waals surface area contributed by atoms with Gasteiger partial charge in [0.1, 0.15) is 24.0 Å². The molecule has 29 heavy (non-hydrogen) atoms. The first-order chi connectivity index (χ1) is 14.2. The lowest BCUT2D eigenvalue weighted by Gasteiger charge is -2.09. The zero-order chi connectivity index (χ0) is 20.1. The van der Waals surface area contributed by atoms with Crippen LogP contribution in [0.4, 0.5) is 8.78 Å². The highest BCUT2D eigenvalue weighted by atomic mass is 19.1. The van der Waals surface area contributed by atoms with Gasteiger partial charge in [0, 0.05) is 35.5 Å². The fourth-order valence-corrected chi connectivity index (χ4v) is 2.76. The van der Waals surface area contributed by atoms with Crippen LogP contribution in [0, 0.1) is 29.4 Å². The summed E-state index contributed by atoms with van der Waals surface area (Å²) in [5.41, 5.74) is 2.88. The van der Waals surface area contributed by atoms with Crippen molar-refractivity contribution in [1.82, 2.24) is 9.55 Å². The van der Waals surface area contributed by atoms with Crippen molar-refractivity contribution in [1.29, 1.82) is 0 Å². The van der Waals surface area contributed by atoms with Crippen LogP contribution in [-0.2, 0) is 18.0 Å². The summed E-state index contributed by atoms with van der Waals surface area (Å²) < 4.78 is 28.5. The van der Waals surface area contributed by atoms with Gasteiger partial charge in [-0.05, 0) is 42.7 Å². The van der Waals surface area contributed by atoms with Crippen molar-refractivity contribution < 1.29 is 13.6 Å². The molecule has 1 aliphatic rings. The average molecular weight is 391 g/mol. The summed E-state index contributed by atoms with van der Waals surface area (Å²) in [5.74, 6) is 5.69. The fourth-order valence-electron chi connectivity index (χ4n) is 2.76. The number of halogens is 2. The monoisotopic (exact) mass is 391 g/mol. The molecule has 0 saturated heterocycles. The number of imidazole rings is 1. The van der Waals surface area contributed by atoms with Crippen LogP contribution in [0.1, 0.15) is 29.5 Å². The van der Waals surface area contributed by atoms with Gasteiger partial charge >= 0.3 is 0 Å². The third-order valence-corrected chi connectivity index (χ3v) is 4.44. The zero-order valence-electron chi connectivity index (χ0n) is 15.7. The predicted octanol–water partition coefficient (Wildman–Crippen LogP) is 4.54. The third-order valence-electron chi connectivity index (χ3n) is 4.44. The van der Waals surface area contributed by atoms with Crippen LogP contribution in [0.25, 0.3) is 0 Å². The van der Waals surface area contributed by atoms with E-state index >= 15 is 0 Å². The van der Waals surface area contributed by atoms with Gasteiger partial charge in [-0.1, -0.05) is 29.1 Å². The largest absolute Gasteiger partial charge is 0.391 e. The Hall–Kier alpha value is -3.46. The summed E-state index contributed by atoms with van der Waals surface area (Å²) in [6.07, 6.45) is 7.59. The molecule has 2 aromatic carbocycles. The normalized spacial score (nSPS) is 13.7. The molecule has 0 bridgehead atoms. The molecular weight excluding hydrogens is 372 g/mol. The molecule has 3 aromatic rings. The summed E-state index contributed by atoms with van der Waals surface area (Å²) in [7, 11) is 0. The van der Waals surface area contributed by atoms with Crippen LogP contribution < -0.4 is 0 Å². The summed E-state index contributed by atoms with van der Waals surface area (Å²) in [6, 6.07) is 11.1. The van der Waals surface area contributed by atoms with E-state index in [-0.39, 0.29) is 6.61 Å². The van der Waals surface area contributed by atoms with Gasteiger partial charge in [-0.25, -0.2) is 13.8 Å². The lowest BCUT2D eigenvalue weighted by Crippen LogP contribution is -2.11. The predicted molar refractivity (Wildman–Crippen MR) is 106 cm³/mol. The Morgan fingerprint density at radius 3 is 2.55 bits per heavy atom. The topological polar surface area (TPSA) is 39.4 Å². The van der Waals surface area contributed by atoms with Crippen LogP contribution >= 0.6 is 0 Å². The highest BCUT2D eigenvalue weighted by Gasteiger charge is 2.17. The maximum Gasteiger partial charge on any atom is 0.142 e. The van der Waals surface area contributed by atoms with Gasteiger partial charge in [0.2, 0.25) is 0 Å². The third kappa shape index (κ3) is 5.52. The van der Waals surface area contributed by atoms with Crippen molar-refractivity contribution in [3.63, 3.8) is 0 Å². The molecule has 0 N–H and O–H groups in total. The van der Waals surface area contributed by atoms with Crippen molar-refractivity contribution >= 4 is 5.71 Å². The van der Waals surface area contributed by atoms with E-state index < -0.39 is 11.6 Å². The highest BCUT2D eigenvalue weighted by molar-refractivity contribution is 6.00. The Morgan fingerprint density at radius 2 is 1.90 bits per heavy atom. The molecule has 1 fully saturated rings. The van der Waals surface area contributed by atoms with E-state index in [1.54, 1.807) is 12.5 Å². The smallest absolute Gasteiger partial charge is 0.142 e. The van der Waals surface area contributed by atoms with Crippen LogP contribution in [-0.4, -0.2) is 15.3 Å². The molecule has 0 aliphatic heterocycles. The van der Waals surface area contributed by atoms with E-state index in [1.165, 1.54) is 25.0 Å². The maximum absolute atomic E-state index is 13.3. The first kappa shape index (κ1) is 18.9. The molecule has 146 valence electrons. The van der Waals surface area contributed by atoms with E-state index in [0.717, 1.165) is 17.2 Å². The molecule has 1 aliphatic carbocycles. The van der Waals surface area contributed by atoms with E-state index in [9.17, 15) is 8.78 Å². The number of hydrogen-bond acceptors (Lipinski definition) is 3. The van der Waals surface area contributed by atoms with Gasteiger partial charge in [-0.3, -0.25) is 0 Å². The quantitative estimate of drug-likeness (QED) is 0.351. The van der Waals surface area contributed by atoms with Crippen LogP contribution in [0.5, 0.6) is 0 Å². The second kappa shape index (κ2) is 8.70. The molecule has 0 atom stereocenters. The number of oxime groups is 1. The Morgan fingerprint density at radius 1 is 1.14 bits per heavy atom. The molecule has 0 radical (unpaired) electrons. The standard InChI is InChI=1S/C23H19F2N3O/c24-21-11-19(12-22(25)13-21)15-29-27-23(14-28-10-9-26-16-28)20-7-5-18(6-8-20)4-3-17-1-2-17/h5-13,16-17H,1-2,14-15H2/b27-23+. The molecule has 6 heteroatoms. The Balaban J connectivity index is 1.50. The molecule has 4 rings (SSSR count). The van der Waals surface area contributed by atoms with Gasteiger partial charge in [0.15, 0.2) is 0 Å². The second-order valence-electron chi connectivity index (χ2n) is 6.95. The van der Waals surface area contributed by atoms with Crippen LogP contribution in [0.3, 0.4) is 0 Å². The molecule has 0 spiro atoms. The van der Waals surface area contributed by atoms with Crippen molar-refractivity contribution in [3.8, 4) is 11.8 Å². The molecule has 4 nitrogen and oxygen atoms in total. The zero-order valence-corrected chi connectivity index (χ0v) is 15.7. The lowest BCUT2D eigenvalue weighted by atomic mass is 10.1. The minimum Gasteiger partial charge on any atom is -0.391 e. The Bertz CT molecular complexity index is 1040. The number of rotatable bonds is 6. The summed E-state index contributed by atoms with van der Waals surface area (Å²) in [5, 5.41) is 4.22. The lowest BCUT2D eigenvalue weighted by molar-refractivity contribution is 0.129. The van der Waals surface area contributed by atoms with E-state index in [0.29, 0.717) is 23.7 Å². The Labute approximate surface area is 167 Å². The van der Waals surface area contributed by atoms with E-state index in [4.69, 9.17) is 4.84 Å². The molecule has 0 unspecified atom stereocenters. The van der Waals surface area contributed by atoms with E-state index in [1.807, 2.05) is 35.0 Å². The minimum absolute atomic E-state index is 0.0347. The first-order valence-corrected chi connectivity index (χ1v) is 9.37.